The van der Waals surface area contributed by atoms with Gasteiger partial charge >= 0.3 is 6.18 Å². The quantitative estimate of drug-likeness (QED) is 0.482. The summed E-state index contributed by atoms with van der Waals surface area (Å²) in [4.78, 5) is 3.68. The van der Waals surface area contributed by atoms with Gasteiger partial charge in [0, 0.05) is 5.92 Å². The lowest BCUT2D eigenvalue weighted by Gasteiger charge is -2.45. The van der Waals surface area contributed by atoms with E-state index in [1.807, 2.05) is 13.8 Å². The highest BCUT2D eigenvalue weighted by Gasteiger charge is 2.46. The number of halogens is 3. The topological polar surface area (TPSA) is 30.8 Å². The Morgan fingerprint density at radius 3 is 2.27 bits per heavy atom. The first kappa shape index (κ1) is 20.7. The second-order valence-electron chi connectivity index (χ2n) is 7.30. The number of alkyl halides is 3. The normalized spacial score (nSPS) is 31.5. The molecule has 26 heavy (non-hydrogen) atoms. The van der Waals surface area contributed by atoms with Gasteiger partial charge in [-0.2, -0.15) is 13.2 Å². The number of hydrogen-bond acceptors (Lipinski definition) is 3. The van der Waals surface area contributed by atoms with Crippen molar-refractivity contribution in [2.24, 2.45) is 28.7 Å². The van der Waals surface area contributed by atoms with Crippen LogP contribution in [0.4, 0.5) is 18.9 Å². The Labute approximate surface area is 153 Å². The van der Waals surface area contributed by atoms with Crippen molar-refractivity contribution >= 4 is 11.6 Å². The van der Waals surface area contributed by atoms with E-state index in [1.165, 1.54) is 12.1 Å². The Bertz CT molecular complexity index is 603. The van der Waals surface area contributed by atoms with Crippen molar-refractivity contribution in [3.8, 4) is 0 Å². The lowest BCUT2D eigenvalue weighted by molar-refractivity contribution is -0.238. The van der Waals surface area contributed by atoms with E-state index in [0.29, 0.717) is 0 Å². The zero-order valence-corrected chi connectivity index (χ0v) is 16.0. The van der Waals surface area contributed by atoms with E-state index in [2.05, 4.69) is 25.8 Å². The lowest BCUT2D eigenvalue weighted by atomic mass is 9.75. The minimum absolute atomic E-state index is 0.137. The second-order valence-corrected chi connectivity index (χ2v) is 7.30. The maximum Gasteiger partial charge on any atom is 0.468 e. The summed E-state index contributed by atoms with van der Waals surface area (Å²) in [5, 5.41) is 0. The van der Waals surface area contributed by atoms with Gasteiger partial charge in [0.05, 0.1) is 11.8 Å². The summed E-state index contributed by atoms with van der Waals surface area (Å²) in [6.07, 6.45) is -4.89. The van der Waals surface area contributed by atoms with Crippen LogP contribution in [0.25, 0.3) is 0 Å². The maximum atomic E-state index is 13.5. The summed E-state index contributed by atoms with van der Waals surface area (Å²) in [7, 11) is 0. The molecule has 1 heterocycles. The SMILES string of the molecule is CC[C@H](C)C1OC(O/C(=N/c2ccccc2)C(F)(F)F)C(C)[C@@H](C)[C@@H]1C. The van der Waals surface area contributed by atoms with Crippen LogP contribution in [0.3, 0.4) is 0 Å². The molecule has 0 aliphatic carbocycles. The Balaban J connectivity index is 2.27. The van der Waals surface area contributed by atoms with E-state index in [0.717, 1.165) is 6.42 Å². The predicted molar refractivity (Wildman–Crippen MR) is 96.3 cm³/mol. The van der Waals surface area contributed by atoms with Gasteiger partial charge in [-0.05, 0) is 29.9 Å². The summed E-state index contributed by atoms with van der Waals surface area (Å²) in [5.41, 5.74) is 0.197. The van der Waals surface area contributed by atoms with Crippen LogP contribution >= 0.6 is 0 Å². The maximum absolute atomic E-state index is 13.5. The van der Waals surface area contributed by atoms with Gasteiger partial charge in [-0.25, -0.2) is 4.99 Å². The molecule has 1 fully saturated rings. The monoisotopic (exact) mass is 371 g/mol. The van der Waals surface area contributed by atoms with Crippen molar-refractivity contribution in [2.75, 3.05) is 0 Å². The van der Waals surface area contributed by atoms with Crippen LogP contribution < -0.4 is 0 Å². The first-order valence-corrected chi connectivity index (χ1v) is 9.18. The molecule has 1 saturated heterocycles. The molecule has 0 aromatic heterocycles. The smallest absolute Gasteiger partial charge is 0.444 e. The van der Waals surface area contributed by atoms with Crippen LogP contribution in [0, 0.1) is 23.7 Å². The van der Waals surface area contributed by atoms with Crippen molar-refractivity contribution in [2.45, 2.75) is 59.6 Å². The van der Waals surface area contributed by atoms with Gasteiger partial charge in [0.2, 0.25) is 6.29 Å². The molecule has 0 N–H and O–H groups in total. The van der Waals surface area contributed by atoms with Gasteiger partial charge in [0.1, 0.15) is 0 Å². The van der Waals surface area contributed by atoms with Crippen LogP contribution in [0.15, 0.2) is 35.3 Å². The Kier molecular flexibility index (Phi) is 6.72. The Morgan fingerprint density at radius 1 is 1.12 bits per heavy atom. The van der Waals surface area contributed by atoms with E-state index in [1.54, 1.807) is 18.2 Å². The molecule has 0 bridgehead atoms. The highest BCUT2D eigenvalue weighted by Crippen LogP contribution is 2.39. The number of ether oxygens (including phenoxy) is 2. The van der Waals surface area contributed by atoms with Crippen LogP contribution in [0.1, 0.15) is 41.0 Å². The molecule has 146 valence electrons. The van der Waals surface area contributed by atoms with Gasteiger partial charge < -0.3 is 9.47 Å². The molecule has 0 saturated carbocycles. The third kappa shape index (κ3) is 4.78. The molecule has 6 atom stereocenters. The average molecular weight is 371 g/mol. The van der Waals surface area contributed by atoms with Crippen LogP contribution in [-0.2, 0) is 9.47 Å². The molecule has 1 aromatic rings. The van der Waals surface area contributed by atoms with Gasteiger partial charge in [-0.1, -0.05) is 59.2 Å². The largest absolute Gasteiger partial charge is 0.468 e. The Morgan fingerprint density at radius 2 is 1.73 bits per heavy atom. The fraction of sp³-hybridized carbons (Fsp3) is 0.650. The van der Waals surface area contributed by atoms with Gasteiger partial charge in [-0.15, -0.1) is 0 Å². The zero-order chi connectivity index (χ0) is 19.5. The molecule has 2 rings (SSSR count). The van der Waals surface area contributed by atoms with E-state index in [-0.39, 0.29) is 35.5 Å². The van der Waals surface area contributed by atoms with Gasteiger partial charge in [0.25, 0.3) is 5.90 Å². The molecular formula is C20H28F3NO2. The van der Waals surface area contributed by atoms with E-state index in [9.17, 15) is 13.2 Å². The van der Waals surface area contributed by atoms with E-state index in [4.69, 9.17) is 9.47 Å². The van der Waals surface area contributed by atoms with Crippen molar-refractivity contribution < 1.29 is 22.6 Å². The number of nitrogens with zero attached hydrogens (tertiary/aromatic N) is 1. The molecule has 1 aliphatic rings. The van der Waals surface area contributed by atoms with Crippen molar-refractivity contribution in [1.29, 1.82) is 0 Å². The Hall–Kier alpha value is -1.56. The summed E-state index contributed by atoms with van der Waals surface area (Å²) in [6.45, 7) is 10.1. The first-order chi connectivity index (χ1) is 12.1. The lowest BCUT2D eigenvalue weighted by Crippen LogP contribution is -2.49. The van der Waals surface area contributed by atoms with E-state index >= 15 is 0 Å². The summed E-state index contributed by atoms with van der Waals surface area (Å²) < 4.78 is 51.7. The molecule has 6 heteroatoms. The summed E-state index contributed by atoms with van der Waals surface area (Å²) in [6, 6.07) is 8.00. The van der Waals surface area contributed by atoms with Crippen molar-refractivity contribution in [1.82, 2.24) is 0 Å². The molecular weight excluding hydrogens is 343 g/mol. The number of benzene rings is 1. The highest BCUT2D eigenvalue weighted by molar-refractivity contribution is 5.84. The number of para-hydroxylation sites is 1. The van der Waals surface area contributed by atoms with Gasteiger partial charge in [-0.3, -0.25) is 0 Å². The van der Waals surface area contributed by atoms with Gasteiger partial charge in [0.15, 0.2) is 0 Å². The average Bonchev–Trinajstić information content (AvgIpc) is 2.60. The number of rotatable bonds is 4. The molecule has 1 aliphatic heterocycles. The second kappa shape index (κ2) is 8.42. The standard InChI is InChI=1S/C20H28F3NO2/c1-6-12(2)17-14(4)13(3)15(5)18(25-17)26-19(20(21,22)23)24-16-10-8-7-9-11-16/h7-15,17-18H,6H2,1-5H3/b24-19+/t12-,13-,14-,15?,17?,18?/m0/s1. The first-order valence-electron chi connectivity index (χ1n) is 9.18. The van der Waals surface area contributed by atoms with Crippen LogP contribution in [0.2, 0.25) is 0 Å². The highest BCUT2D eigenvalue weighted by atomic mass is 19.4. The van der Waals surface area contributed by atoms with Crippen LogP contribution in [0.5, 0.6) is 0 Å². The molecule has 3 nitrogen and oxygen atoms in total. The molecule has 0 amide bonds. The number of hydrogen-bond donors (Lipinski definition) is 0. The summed E-state index contributed by atoms with van der Waals surface area (Å²) >= 11 is 0. The van der Waals surface area contributed by atoms with E-state index < -0.39 is 18.4 Å². The number of aliphatic imine (C=N–C) groups is 1. The molecule has 0 radical (unpaired) electrons. The van der Waals surface area contributed by atoms with Crippen LogP contribution in [-0.4, -0.2) is 24.5 Å². The van der Waals surface area contributed by atoms with Crippen molar-refractivity contribution in [3.63, 3.8) is 0 Å². The summed E-state index contributed by atoms with van der Waals surface area (Å²) in [5.74, 6) is -0.760. The molecule has 1 aromatic carbocycles. The third-order valence-corrected chi connectivity index (χ3v) is 5.56. The molecule has 3 unspecified atom stereocenters. The fourth-order valence-electron chi connectivity index (χ4n) is 3.33. The fourth-order valence-corrected chi connectivity index (χ4v) is 3.33. The van der Waals surface area contributed by atoms with Crippen molar-refractivity contribution in [3.05, 3.63) is 30.3 Å². The zero-order valence-electron chi connectivity index (χ0n) is 16.0. The third-order valence-electron chi connectivity index (χ3n) is 5.56. The minimum Gasteiger partial charge on any atom is -0.444 e. The molecule has 0 spiro atoms. The minimum atomic E-state index is -4.68. The predicted octanol–water partition coefficient (Wildman–Crippen LogP) is 5.97.